The molecule has 1 atom stereocenters. The number of hydrogen-bond donors (Lipinski definition) is 1. The van der Waals surface area contributed by atoms with Gasteiger partial charge < -0.3 is 14.4 Å². The highest BCUT2D eigenvalue weighted by molar-refractivity contribution is 9.10. The summed E-state index contributed by atoms with van der Waals surface area (Å²) in [6, 6.07) is 7.34. The molecule has 0 saturated heterocycles. The first-order valence-corrected chi connectivity index (χ1v) is 6.38. The minimum Gasteiger partial charge on any atom is -0.485 e. The predicted octanol–water partition coefficient (Wildman–Crippen LogP) is 3.38. The Bertz CT molecular complexity index is 537. The second-order valence-electron chi connectivity index (χ2n) is 4.08. The van der Waals surface area contributed by atoms with E-state index in [0.717, 1.165) is 15.7 Å². The molecule has 18 heavy (non-hydrogen) atoms. The zero-order chi connectivity index (χ0) is 13.1. The van der Waals surface area contributed by atoms with E-state index in [4.69, 9.17) is 9.26 Å². The molecule has 2 aromatic rings. The maximum Gasteiger partial charge on any atom is 0.174 e. The fourth-order valence-corrected chi connectivity index (χ4v) is 1.99. The average molecular weight is 312 g/mol. The molecular formula is C13H14BrNO3. The van der Waals surface area contributed by atoms with Crippen molar-refractivity contribution in [1.29, 1.82) is 0 Å². The van der Waals surface area contributed by atoms with Gasteiger partial charge in [-0.2, -0.15) is 0 Å². The summed E-state index contributed by atoms with van der Waals surface area (Å²) < 4.78 is 11.6. The van der Waals surface area contributed by atoms with Crippen LogP contribution in [0, 0.1) is 6.92 Å². The molecule has 0 spiro atoms. The van der Waals surface area contributed by atoms with Gasteiger partial charge in [-0.15, -0.1) is 0 Å². The first-order chi connectivity index (χ1) is 8.56. The van der Waals surface area contributed by atoms with Crippen molar-refractivity contribution in [2.45, 2.75) is 26.6 Å². The third-order valence-electron chi connectivity index (χ3n) is 2.47. The SMILES string of the molecule is Cc1cc(COc2ccc(Br)cc2C(C)O)on1. The van der Waals surface area contributed by atoms with Crippen molar-refractivity contribution < 1.29 is 14.4 Å². The molecule has 0 aliphatic carbocycles. The molecule has 1 heterocycles. The Morgan fingerprint density at radius 2 is 2.22 bits per heavy atom. The Morgan fingerprint density at radius 1 is 1.44 bits per heavy atom. The first kappa shape index (κ1) is 13.1. The highest BCUT2D eigenvalue weighted by Crippen LogP contribution is 2.29. The van der Waals surface area contributed by atoms with Crippen molar-refractivity contribution in [3.8, 4) is 5.75 Å². The Morgan fingerprint density at radius 3 is 2.83 bits per heavy atom. The molecule has 1 aromatic carbocycles. The van der Waals surface area contributed by atoms with Crippen LogP contribution >= 0.6 is 15.9 Å². The van der Waals surface area contributed by atoms with Crippen LogP contribution in [0.25, 0.3) is 0 Å². The van der Waals surface area contributed by atoms with Crippen LogP contribution in [0.5, 0.6) is 5.75 Å². The number of ether oxygens (including phenoxy) is 1. The van der Waals surface area contributed by atoms with Crippen LogP contribution in [0.15, 0.2) is 33.3 Å². The molecule has 1 N–H and O–H groups in total. The van der Waals surface area contributed by atoms with E-state index in [0.29, 0.717) is 18.1 Å². The lowest BCUT2D eigenvalue weighted by Gasteiger charge is -2.12. The lowest BCUT2D eigenvalue weighted by molar-refractivity contribution is 0.186. The van der Waals surface area contributed by atoms with Crippen LogP contribution in [0.1, 0.15) is 30.0 Å². The van der Waals surface area contributed by atoms with Gasteiger partial charge >= 0.3 is 0 Å². The van der Waals surface area contributed by atoms with E-state index in [2.05, 4.69) is 21.1 Å². The summed E-state index contributed by atoms with van der Waals surface area (Å²) in [6.45, 7) is 3.85. The Hall–Kier alpha value is -1.33. The van der Waals surface area contributed by atoms with E-state index in [1.807, 2.05) is 31.2 Å². The van der Waals surface area contributed by atoms with Crippen LogP contribution in [-0.2, 0) is 6.61 Å². The van der Waals surface area contributed by atoms with Crippen molar-refractivity contribution >= 4 is 15.9 Å². The number of benzene rings is 1. The van der Waals surface area contributed by atoms with Crippen LogP contribution in [0.2, 0.25) is 0 Å². The van der Waals surface area contributed by atoms with E-state index in [1.54, 1.807) is 6.92 Å². The van der Waals surface area contributed by atoms with Crippen LogP contribution in [0.4, 0.5) is 0 Å². The largest absolute Gasteiger partial charge is 0.485 e. The summed E-state index contributed by atoms with van der Waals surface area (Å²) in [4.78, 5) is 0. The summed E-state index contributed by atoms with van der Waals surface area (Å²) in [6.07, 6.45) is -0.589. The smallest absolute Gasteiger partial charge is 0.174 e. The van der Waals surface area contributed by atoms with Gasteiger partial charge in [0.2, 0.25) is 0 Å². The molecule has 0 fully saturated rings. The van der Waals surface area contributed by atoms with Crippen LogP contribution in [-0.4, -0.2) is 10.3 Å². The van der Waals surface area contributed by atoms with E-state index in [-0.39, 0.29) is 0 Å². The fraction of sp³-hybridized carbons (Fsp3) is 0.308. The summed E-state index contributed by atoms with van der Waals surface area (Å²) in [7, 11) is 0. The average Bonchev–Trinajstić information content (AvgIpc) is 2.73. The Balaban J connectivity index is 2.13. The van der Waals surface area contributed by atoms with Crippen LogP contribution in [0.3, 0.4) is 0 Å². The molecule has 0 amide bonds. The number of rotatable bonds is 4. The van der Waals surface area contributed by atoms with E-state index >= 15 is 0 Å². The number of nitrogens with zero attached hydrogens (tertiary/aromatic N) is 1. The summed E-state index contributed by atoms with van der Waals surface area (Å²) in [5.74, 6) is 1.30. The summed E-state index contributed by atoms with van der Waals surface area (Å²) in [5.41, 5.74) is 1.56. The Labute approximate surface area is 114 Å². The minimum atomic E-state index is -0.589. The number of hydrogen-bond acceptors (Lipinski definition) is 4. The Kier molecular flexibility index (Phi) is 4.04. The van der Waals surface area contributed by atoms with Crippen molar-refractivity contribution in [2.75, 3.05) is 0 Å². The molecule has 0 aliphatic heterocycles. The van der Waals surface area contributed by atoms with Crippen molar-refractivity contribution in [1.82, 2.24) is 5.16 Å². The molecule has 1 unspecified atom stereocenters. The number of aliphatic hydroxyl groups excluding tert-OH is 1. The third kappa shape index (κ3) is 3.11. The number of aromatic nitrogens is 1. The van der Waals surface area contributed by atoms with Gasteiger partial charge in [0.25, 0.3) is 0 Å². The number of aliphatic hydroxyl groups is 1. The van der Waals surface area contributed by atoms with Crippen molar-refractivity contribution in [3.05, 3.63) is 45.8 Å². The number of halogens is 1. The zero-order valence-electron chi connectivity index (χ0n) is 10.2. The molecule has 96 valence electrons. The molecule has 0 aliphatic rings. The standard InChI is InChI=1S/C13H14BrNO3/c1-8-5-11(18-15-8)7-17-13-4-3-10(14)6-12(13)9(2)16/h3-6,9,16H,7H2,1-2H3. The van der Waals surface area contributed by atoms with Gasteiger partial charge in [0, 0.05) is 16.1 Å². The molecular weight excluding hydrogens is 298 g/mol. The molecule has 1 aromatic heterocycles. The minimum absolute atomic E-state index is 0.294. The quantitative estimate of drug-likeness (QED) is 0.940. The second-order valence-corrected chi connectivity index (χ2v) is 5.00. The van der Waals surface area contributed by atoms with Crippen molar-refractivity contribution in [3.63, 3.8) is 0 Å². The monoisotopic (exact) mass is 311 g/mol. The zero-order valence-corrected chi connectivity index (χ0v) is 11.8. The van der Waals surface area contributed by atoms with Gasteiger partial charge in [0.1, 0.15) is 12.4 Å². The van der Waals surface area contributed by atoms with Gasteiger partial charge in [0.15, 0.2) is 5.76 Å². The maximum absolute atomic E-state index is 9.69. The van der Waals surface area contributed by atoms with E-state index in [1.165, 1.54) is 0 Å². The van der Waals surface area contributed by atoms with Gasteiger partial charge in [0.05, 0.1) is 11.8 Å². The topological polar surface area (TPSA) is 55.5 Å². The second kappa shape index (κ2) is 5.54. The molecule has 4 nitrogen and oxygen atoms in total. The normalized spacial score (nSPS) is 12.4. The molecule has 0 radical (unpaired) electrons. The number of aryl methyl sites for hydroxylation is 1. The highest BCUT2D eigenvalue weighted by Gasteiger charge is 2.11. The van der Waals surface area contributed by atoms with Crippen LogP contribution < -0.4 is 4.74 Å². The predicted molar refractivity (Wildman–Crippen MR) is 70.3 cm³/mol. The molecule has 0 saturated carbocycles. The van der Waals surface area contributed by atoms with Gasteiger partial charge in [-0.05, 0) is 32.0 Å². The maximum atomic E-state index is 9.69. The van der Waals surface area contributed by atoms with Gasteiger partial charge in [-0.3, -0.25) is 0 Å². The van der Waals surface area contributed by atoms with Gasteiger partial charge in [-0.25, -0.2) is 0 Å². The molecule has 2 rings (SSSR count). The van der Waals surface area contributed by atoms with E-state index < -0.39 is 6.10 Å². The molecule has 5 heteroatoms. The van der Waals surface area contributed by atoms with E-state index in [9.17, 15) is 5.11 Å². The summed E-state index contributed by atoms with van der Waals surface area (Å²) >= 11 is 3.37. The molecule has 0 bridgehead atoms. The summed E-state index contributed by atoms with van der Waals surface area (Å²) in [5, 5.41) is 13.5. The first-order valence-electron chi connectivity index (χ1n) is 5.59. The lowest BCUT2D eigenvalue weighted by atomic mass is 10.1. The fourth-order valence-electron chi connectivity index (χ4n) is 1.61. The van der Waals surface area contributed by atoms with Gasteiger partial charge in [-0.1, -0.05) is 21.1 Å². The third-order valence-corrected chi connectivity index (χ3v) is 2.96. The highest BCUT2D eigenvalue weighted by atomic mass is 79.9. The lowest BCUT2D eigenvalue weighted by Crippen LogP contribution is -2.00. The van der Waals surface area contributed by atoms with Crippen molar-refractivity contribution in [2.24, 2.45) is 0 Å².